The molecule has 0 radical (unpaired) electrons. The second kappa shape index (κ2) is 7.96. The fourth-order valence-corrected chi connectivity index (χ4v) is 5.57. The van der Waals surface area contributed by atoms with Crippen molar-refractivity contribution < 1.29 is 17.0 Å². The van der Waals surface area contributed by atoms with Gasteiger partial charge in [-0.05, 0) is 53.8 Å². The third-order valence-electron chi connectivity index (χ3n) is 6.24. The van der Waals surface area contributed by atoms with Gasteiger partial charge in [0.05, 0.1) is 5.52 Å². The van der Waals surface area contributed by atoms with Crippen molar-refractivity contribution in [2.45, 2.75) is 11.8 Å². The van der Waals surface area contributed by atoms with E-state index in [1.165, 1.54) is 24.3 Å². The van der Waals surface area contributed by atoms with Gasteiger partial charge in [-0.25, -0.2) is 4.39 Å². The van der Waals surface area contributed by atoms with Crippen molar-refractivity contribution in [2.24, 2.45) is 0 Å². The summed E-state index contributed by atoms with van der Waals surface area (Å²) in [5.74, 6) is -0.187. The van der Waals surface area contributed by atoms with E-state index >= 15 is 0 Å². The minimum atomic E-state index is -4.13. The van der Waals surface area contributed by atoms with E-state index in [0.717, 1.165) is 22.1 Å². The largest absolute Gasteiger partial charge is 0.376 e. The molecule has 1 N–H and O–H groups in total. The summed E-state index contributed by atoms with van der Waals surface area (Å²) in [6, 6.07) is 28.3. The highest BCUT2D eigenvalue weighted by atomic mass is 32.2. The highest BCUT2D eigenvalue weighted by molar-refractivity contribution is 7.87. The van der Waals surface area contributed by atoms with Crippen LogP contribution >= 0.6 is 0 Å². The van der Waals surface area contributed by atoms with Crippen molar-refractivity contribution in [3.63, 3.8) is 0 Å². The lowest BCUT2D eigenvalue weighted by atomic mass is 9.92. The molecule has 0 aliphatic rings. The molecule has 6 aromatic rings. The molecule has 0 saturated carbocycles. The maximum absolute atomic E-state index is 14.4. The van der Waals surface area contributed by atoms with Crippen molar-refractivity contribution in [2.75, 3.05) is 0 Å². The molecule has 0 fully saturated rings. The summed E-state index contributed by atoms with van der Waals surface area (Å²) < 4.78 is 46.9. The Hall–Kier alpha value is -4.16. The van der Waals surface area contributed by atoms with Crippen LogP contribution in [0.5, 0.6) is 5.75 Å². The minimum absolute atomic E-state index is 0.0645. The molecule has 172 valence electrons. The average Bonchev–Trinajstić information content (AvgIpc) is 3.23. The van der Waals surface area contributed by atoms with Crippen molar-refractivity contribution in [1.82, 2.24) is 4.98 Å². The summed E-state index contributed by atoms with van der Waals surface area (Å²) in [5.41, 5.74) is 3.95. The Labute approximate surface area is 201 Å². The minimum Gasteiger partial charge on any atom is -0.376 e. The molecule has 0 amide bonds. The zero-order valence-corrected chi connectivity index (χ0v) is 19.6. The van der Waals surface area contributed by atoms with Gasteiger partial charge in [0.2, 0.25) is 0 Å². The molecule has 6 heteroatoms. The molecule has 0 saturated heterocycles. The average molecular weight is 482 g/mol. The van der Waals surface area contributed by atoms with Gasteiger partial charge in [-0.15, -0.1) is 0 Å². The standard InChI is InChI=1S/C29H20FNO3S/c1-18-11-14-21(15-12-18)35(32,33)34-29-23-10-6-5-9-22(23)26(19-7-3-2-4-8-19)27-24-17-20(30)13-16-25(24)31-28(27)29/h2-17,31H,1H3. The van der Waals surface area contributed by atoms with Crippen molar-refractivity contribution in [1.29, 1.82) is 0 Å². The normalized spacial score (nSPS) is 11.9. The molecule has 4 nitrogen and oxygen atoms in total. The second-order valence-electron chi connectivity index (χ2n) is 8.53. The number of nitrogens with one attached hydrogen (secondary N) is 1. The van der Waals surface area contributed by atoms with Crippen LogP contribution in [0.25, 0.3) is 43.7 Å². The number of hydrogen-bond acceptors (Lipinski definition) is 3. The zero-order chi connectivity index (χ0) is 24.2. The molecule has 0 aliphatic heterocycles. The summed E-state index contributed by atoms with van der Waals surface area (Å²) >= 11 is 0. The molecule has 5 aromatic carbocycles. The molecule has 0 atom stereocenters. The van der Waals surface area contributed by atoms with E-state index < -0.39 is 10.1 Å². The number of benzene rings is 5. The van der Waals surface area contributed by atoms with Crippen molar-refractivity contribution in [3.8, 4) is 16.9 Å². The van der Waals surface area contributed by atoms with Gasteiger partial charge in [0, 0.05) is 21.7 Å². The lowest BCUT2D eigenvalue weighted by Gasteiger charge is -2.16. The lowest BCUT2D eigenvalue weighted by Crippen LogP contribution is -2.10. The van der Waals surface area contributed by atoms with Gasteiger partial charge in [0.15, 0.2) is 5.75 Å². The van der Waals surface area contributed by atoms with Gasteiger partial charge in [-0.3, -0.25) is 0 Å². The van der Waals surface area contributed by atoms with E-state index in [9.17, 15) is 12.8 Å². The number of H-pyrrole nitrogens is 1. The van der Waals surface area contributed by atoms with Gasteiger partial charge < -0.3 is 9.17 Å². The van der Waals surface area contributed by atoms with Gasteiger partial charge in [0.25, 0.3) is 0 Å². The summed E-state index contributed by atoms with van der Waals surface area (Å²) in [5, 5.41) is 2.81. The van der Waals surface area contributed by atoms with Crippen LogP contribution in [0.4, 0.5) is 4.39 Å². The molecule has 0 bridgehead atoms. The first kappa shape index (κ1) is 21.4. The summed E-state index contributed by atoms with van der Waals surface area (Å²) in [7, 11) is -4.13. The van der Waals surface area contributed by atoms with Gasteiger partial charge in [-0.2, -0.15) is 8.42 Å². The van der Waals surface area contributed by atoms with Crippen LogP contribution in [0.3, 0.4) is 0 Å². The van der Waals surface area contributed by atoms with Crippen LogP contribution in [-0.4, -0.2) is 13.4 Å². The fourth-order valence-electron chi connectivity index (χ4n) is 4.62. The van der Waals surface area contributed by atoms with Crippen LogP contribution < -0.4 is 4.18 Å². The maximum Gasteiger partial charge on any atom is 0.339 e. The van der Waals surface area contributed by atoms with Crippen LogP contribution in [0.2, 0.25) is 0 Å². The number of hydrogen-bond donors (Lipinski definition) is 1. The van der Waals surface area contributed by atoms with E-state index in [2.05, 4.69) is 4.98 Å². The van der Waals surface area contributed by atoms with Gasteiger partial charge >= 0.3 is 10.1 Å². The first-order valence-corrected chi connectivity index (χ1v) is 12.6. The summed E-state index contributed by atoms with van der Waals surface area (Å²) in [6.45, 7) is 1.89. The monoisotopic (exact) mass is 481 g/mol. The van der Waals surface area contributed by atoms with E-state index in [4.69, 9.17) is 4.18 Å². The Morgan fingerprint density at radius 2 is 1.46 bits per heavy atom. The Morgan fingerprint density at radius 3 is 2.20 bits per heavy atom. The Balaban J connectivity index is 1.74. The highest BCUT2D eigenvalue weighted by Crippen LogP contribution is 2.46. The zero-order valence-electron chi connectivity index (χ0n) is 18.7. The van der Waals surface area contributed by atoms with Crippen LogP contribution in [0.15, 0.2) is 102 Å². The van der Waals surface area contributed by atoms with Gasteiger partial charge in [-0.1, -0.05) is 72.3 Å². The van der Waals surface area contributed by atoms with Crippen LogP contribution in [0.1, 0.15) is 5.56 Å². The van der Waals surface area contributed by atoms with E-state index in [1.54, 1.807) is 18.2 Å². The third kappa shape index (κ3) is 3.54. The molecule has 35 heavy (non-hydrogen) atoms. The molecule has 0 aliphatic carbocycles. The first-order valence-electron chi connectivity index (χ1n) is 11.1. The predicted octanol–water partition coefficient (Wildman–Crippen LogP) is 7.36. The van der Waals surface area contributed by atoms with Crippen LogP contribution in [-0.2, 0) is 10.1 Å². The Kier molecular flexibility index (Phi) is 4.86. The number of aryl methyl sites for hydroxylation is 1. The molecular formula is C29H20FNO3S. The molecule has 0 spiro atoms. The molecule has 6 rings (SSSR count). The third-order valence-corrected chi connectivity index (χ3v) is 7.48. The van der Waals surface area contributed by atoms with Crippen molar-refractivity contribution in [3.05, 3.63) is 108 Å². The van der Waals surface area contributed by atoms with E-state index in [-0.39, 0.29) is 16.5 Å². The summed E-state index contributed by atoms with van der Waals surface area (Å²) in [6.07, 6.45) is 0. The fraction of sp³-hybridized carbons (Fsp3) is 0.0345. The number of aromatic nitrogens is 1. The van der Waals surface area contributed by atoms with Gasteiger partial charge in [0.1, 0.15) is 10.7 Å². The summed E-state index contributed by atoms with van der Waals surface area (Å²) in [4.78, 5) is 3.37. The second-order valence-corrected chi connectivity index (χ2v) is 10.1. The smallest absolute Gasteiger partial charge is 0.339 e. The van der Waals surface area contributed by atoms with E-state index in [1.807, 2.05) is 61.5 Å². The SMILES string of the molecule is Cc1ccc(S(=O)(=O)Oc2c3ccccc3c(-c3ccccc3)c3c2[nH]c2ccc(F)cc23)cc1. The Bertz CT molecular complexity index is 1840. The molecular weight excluding hydrogens is 461 g/mol. The number of halogens is 1. The maximum atomic E-state index is 14.4. The first-order chi connectivity index (χ1) is 16.9. The number of fused-ring (bicyclic) bond motifs is 4. The lowest BCUT2D eigenvalue weighted by molar-refractivity contribution is 0.491. The molecule has 1 aromatic heterocycles. The Morgan fingerprint density at radius 1 is 0.771 bits per heavy atom. The number of rotatable bonds is 4. The van der Waals surface area contributed by atoms with Crippen molar-refractivity contribution >= 4 is 42.7 Å². The van der Waals surface area contributed by atoms with Crippen LogP contribution in [0, 0.1) is 12.7 Å². The predicted molar refractivity (Wildman–Crippen MR) is 138 cm³/mol. The quantitative estimate of drug-likeness (QED) is 0.268. The molecule has 1 heterocycles. The van der Waals surface area contributed by atoms with E-state index in [0.29, 0.717) is 27.2 Å². The topological polar surface area (TPSA) is 59.2 Å². The highest BCUT2D eigenvalue weighted by Gasteiger charge is 2.25. The molecule has 0 unspecified atom stereocenters. The number of aromatic amines is 1.